The Kier molecular flexibility index (Phi) is 2.91. The first-order valence-corrected chi connectivity index (χ1v) is 9.12. The second-order valence-electron chi connectivity index (χ2n) is 8.80. The molecule has 3 aliphatic carbocycles. The van der Waals surface area contributed by atoms with E-state index >= 15 is 0 Å². The van der Waals surface area contributed by atoms with Gasteiger partial charge in [-0.05, 0) is 74.0 Å². The molecular weight excluding hydrogens is 254 g/mol. The number of nitrogens with one attached hydrogen (secondary N) is 1. The zero-order chi connectivity index (χ0) is 14.8. The topological polar surface area (TPSA) is 12.0 Å². The van der Waals surface area contributed by atoms with E-state index in [1.165, 1.54) is 57.1 Å². The van der Waals surface area contributed by atoms with Crippen LogP contribution < -0.4 is 5.32 Å². The monoisotopic (exact) mass is 285 g/mol. The lowest BCUT2D eigenvalue weighted by Gasteiger charge is -2.56. The summed E-state index contributed by atoms with van der Waals surface area (Å²) in [7, 11) is 0. The highest BCUT2D eigenvalue weighted by Crippen LogP contribution is 2.62. The van der Waals surface area contributed by atoms with Gasteiger partial charge in [0.05, 0.1) is 0 Å². The Morgan fingerprint density at radius 1 is 1.05 bits per heavy atom. The van der Waals surface area contributed by atoms with Crippen LogP contribution in [0, 0.1) is 22.7 Å². The molecule has 4 aliphatic rings. The van der Waals surface area contributed by atoms with Gasteiger partial charge in [-0.15, -0.1) is 0 Å². The summed E-state index contributed by atoms with van der Waals surface area (Å²) >= 11 is 0. The Labute approximate surface area is 130 Å². The molecule has 0 bridgehead atoms. The van der Waals surface area contributed by atoms with Crippen LogP contribution >= 0.6 is 0 Å². The number of allylic oxidation sites excluding steroid dienone is 3. The smallest absolute Gasteiger partial charge is 0.0320 e. The molecule has 4 rings (SSSR count). The van der Waals surface area contributed by atoms with Gasteiger partial charge in [0.1, 0.15) is 0 Å². The summed E-state index contributed by atoms with van der Waals surface area (Å²) in [5.74, 6) is 1.75. The molecule has 0 radical (unpaired) electrons. The summed E-state index contributed by atoms with van der Waals surface area (Å²) in [6, 6.07) is 0.677. The molecule has 1 saturated heterocycles. The van der Waals surface area contributed by atoms with Gasteiger partial charge in [0, 0.05) is 11.7 Å². The number of rotatable bonds is 0. The van der Waals surface area contributed by atoms with Crippen LogP contribution in [0.1, 0.15) is 72.1 Å². The average molecular weight is 285 g/mol. The lowest BCUT2D eigenvalue weighted by Crippen LogP contribution is -2.55. The number of hydrogen-bond acceptors (Lipinski definition) is 1. The quantitative estimate of drug-likeness (QED) is 0.604. The van der Waals surface area contributed by atoms with E-state index in [1.807, 2.05) is 11.1 Å². The molecule has 3 fully saturated rings. The minimum absolute atomic E-state index is 0.481. The van der Waals surface area contributed by atoms with Crippen LogP contribution in [0.5, 0.6) is 0 Å². The van der Waals surface area contributed by atoms with Gasteiger partial charge >= 0.3 is 0 Å². The summed E-state index contributed by atoms with van der Waals surface area (Å²) in [6.07, 6.45) is 10.9. The van der Waals surface area contributed by atoms with Crippen molar-refractivity contribution >= 4 is 0 Å². The van der Waals surface area contributed by atoms with Crippen LogP contribution in [0.15, 0.2) is 23.4 Å². The van der Waals surface area contributed by atoms with Crippen molar-refractivity contribution in [3.63, 3.8) is 0 Å². The zero-order valence-corrected chi connectivity index (χ0v) is 14.1. The van der Waals surface area contributed by atoms with E-state index in [0.29, 0.717) is 16.9 Å². The van der Waals surface area contributed by atoms with E-state index in [4.69, 9.17) is 0 Å². The van der Waals surface area contributed by atoms with E-state index in [9.17, 15) is 0 Å². The molecule has 0 spiro atoms. The van der Waals surface area contributed by atoms with Crippen LogP contribution in [0.2, 0.25) is 0 Å². The number of fused-ring (bicyclic) bond motifs is 4. The van der Waals surface area contributed by atoms with Gasteiger partial charge in [0.15, 0.2) is 0 Å². The molecule has 5 atom stereocenters. The Morgan fingerprint density at radius 2 is 1.86 bits per heavy atom. The molecule has 116 valence electrons. The predicted molar refractivity (Wildman–Crippen MR) is 88.9 cm³/mol. The Bertz CT molecular complexity index is 516. The summed E-state index contributed by atoms with van der Waals surface area (Å²) < 4.78 is 0. The maximum atomic E-state index is 4.19. The van der Waals surface area contributed by atoms with Gasteiger partial charge in [-0.25, -0.2) is 0 Å². The molecule has 2 saturated carbocycles. The van der Waals surface area contributed by atoms with Gasteiger partial charge in [0.25, 0.3) is 0 Å². The first-order valence-electron chi connectivity index (χ1n) is 9.12. The first-order chi connectivity index (χ1) is 9.95. The van der Waals surface area contributed by atoms with Crippen molar-refractivity contribution in [3.8, 4) is 0 Å². The van der Waals surface area contributed by atoms with Crippen molar-refractivity contribution < 1.29 is 0 Å². The highest BCUT2D eigenvalue weighted by Gasteiger charge is 2.53. The fourth-order valence-corrected chi connectivity index (χ4v) is 6.27. The Morgan fingerprint density at radius 3 is 2.67 bits per heavy atom. The molecule has 1 nitrogen and oxygen atoms in total. The fourth-order valence-electron chi connectivity index (χ4n) is 6.27. The van der Waals surface area contributed by atoms with Crippen LogP contribution in [-0.4, -0.2) is 6.04 Å². The molecule has 21 heavy (non-hydrogen) atoms. The van der Waals surface area contributed by atoms with Gasteiger partial charge in [-0.2, -0.15) is 0 Å². The Balaban J connectivity index is 1.74. The summed E-state index contributed by atoms with van der Waals surface area (Å²) in [6.45, 7) is 11.8. The van der Waals surface area contributed by atoms with Crippen molar-refractivity contribution in [1.29, 1.82) is 0 Å². The third kappa shape index (κ3) is 1.75. The molecule has 1 N–H and O–H groups in total. The van der Waals surface area contributed by atoms with Crippen LogP contribution in [-0.2, 0) is 0 Å². The SMILES string of the molecule is C=C1CC[C@@]2(C)C(CCC3=C4CC[C@H](C)[C@@]4(C)CCC32)N1. The maximum absolute atomic E-state index is 4.19. The number of hydrogen-bond donors (Lipinski definition) is 1. The van der Waals surface area contributed by atoms with Gasteiger partial charge in [-0.3, -0.25) is 0 Å². The maximum Gasteiger partial charge on any atom is 0.0320 e. The van der Waals surface area contributed by atoms with Crippen molar-refractivity contribution in [3.05, 3.63) is 23.4 Å². The number of piperidine rings is 1. The Hall–Kier alpha value is -0.720. The van der Waals surface area contributed by atoms with E-state index in [-0.39, 0.29) is 0 Å². The van der Waals surface area contributed by atoms with E-state index in [1.54, 1.807) is 0 Å². The third-order valence-electron chi connectivity index (χ3n) is 8.00. The van der Waals surface area contributed by atoms with Gasteiger partial charge in [-0.1, -0.05) is 38.5 Å². The normalized spacial score (nSPS) is 49.3. The van der Waals surface area contributed by atoms with Crippen molar-refractivity contribution in [2.75, 3.05) is 0 Å². The van der Waals surface area contributed by atoms with Crippen molar-refractivity contribution in [2.45, 2.75) is 78.2 Å². The average Bonchev–Trinajstić information content (AvgIpc) is 2.76. The van der Waals surface area contributed by atoms with Crippen LogP contribution in [0.3, 0.4) is 0 Å². The highest BCUT2D eigenvalue weighted by atomic mass is 15.0. The van der Waals surface area contributed by atoms with Crippen LogP contribution in [0.25, 0.3) is 0 Å². The standard InChI is InChI=1S/C20H31N/c1-13-5-7-16-15-6-8-18-20(4,11-9-14(2)21-18)17(15)10-12-19(13,16)3/h13,17-18,21H,2,5-12H2,1,3-4H3/t13-,17?,18?,19+,20+/m0/s1. The molecule has 0 aromatic heterocycles. The third-order valence-corrected chi connectivity index (χ3v) is 8.00. The summed E-state index contributed by atoms with van der Waals surface area (Å²) in [5, 5.41) is 3.75. The van der Waals surface area contributed by atoms with Crippen molar-refractivity contribution in [2.24, 2.45) is 22.7 Å². The molecule has 1 heteroatoms. The highest BCUT2D eigenvalue weighted by molar-refractivity contribution is 5.35. The second kappa shape index (κ2) is 4.40. The molecule has 1 aliphatic heterocycles. The molecule has 2 unspecified atom stereocenters. The lowest BCUT2D eigenvalue weighted by atomic mass is 9.52. The fraction of sp³-hybridized carbons (Fsp3) is 0.800. The van der Waals surface area contributed by atoms with Gasteiger partial charge in [0.2, 0.25) is 0 Å². The van der Waals surface area contributed by atoms with E-state index in [0.717, 1.165) is 11.8 Å². The van der Waals surface area contributed by atoms with E-state index < -0.39 is 0 Å². The summed E-state index contributed by atoms with van der Waals surface area (Å²) in [5.41, 5.74) is 6.11. The summed E-state index contributed by atoms with van der Waals surface area (Å²) in [4.78, 5) is 0. The predicted octanol–water partition coefficient (Wildman–Crippen LogP) is 5.20. The lowest BCUT2D eigenvalue weighted by molar-refractivity contribution is 0.0537. The van der Waals surface area contributed by atoms with Crippen LogP contribution in [0.4, 0.5) is 0 Å². The molecule has 0 amide bonds. The minimum Gasteiger partial charge on any atom is -0.386 e. The molecular formula is C20H31N. The minimum atomic E-state index is 0.481. The van der Waals surface area contributed by atoms with Crippen molar-refractivity contribution in [1.82, 2.24) is 5.32 Å². The zero-order valence-electron chi connectivity index (χ0n) is 14.1. The second-order valence-corrected chi connectivity index (χ2v) is 8.80. The first kappa shape index (κ1) is 13.9. The molecule has 0 aromatic rings. The van der Waals surface area contributed by atoms with Gasteiger partial charge < -0.3 is 5.32 Å². The molecule has 1 heterocycles. The van der Waals surface area contributed by atoms with E-state index in [2.05, 4.69) is 32.7 Å². The molecule has 0 aromatic carbocycles. The largest absolute Gasteiger partial charge is 0.386 e.